The lowest BCUT2D eigenvalue weighted by Crippen LogP contribution is -2.41. The number of nitrogens with one attached hydrogen (secondary N) is 2. The van der Waals surface area contributed by atoms with Gasteiger partial charge in [-0.2, -0.15) is 8.42 Å². The molecule has 0 aliphatic carbocycles. The fourth-order valence-electron chi connectivity index (χ4n) is 4.26. The minimum Gasteiger partial charge on any atom is -0.370 e. The van der Waals surface area contributed by atoms with Crippen LogP contribution in [0.3, 0.4) is 0 Å². The van der Waals surface area contributed by atoms with Gasteiger partial charge in [0.1, 0.15) is 16.8 Å². The number of carbonyl (C=O) groups excluding carboxylic acids is 1. The van der Waals surface area contributed by atoms with Gasteiger partial charge in [-0.15, -0.1) is 0 Å². The van der Waals surface area contributed by atoms with Gasteiger partial charge in [-0.1, -0.05) is 17.7 Å². The van der Waals surface area contributed by atoms with Gasteiger partial charge in [0.2, 0.25) is 0 Å². The van der Waals surface area contributed by atoms with E-state index in [9.17, 15) is 13.2 Å². The number of carbonyl (C=O) groups is 1. The average Bonchev–Trinajstić information content (AvgIpc) is 2.98. The van der Waals surface area contributed by atoms with Gasteiger partial charge < -0.3 is 10.2 Å². The zero-order valence-corrected chi connectivity index (χ0v) is 18.4. The van der Waals surface area contributed by atoms with Crippen molar-refractivity contribution in [2.45, 2.75) is 43.7 Å². The topological polar surface area (TPSA) is 104 Å². The molecule has 2 N–H and O–H groups in total. The Morgan fingerprint density at radius 2 is 2.00 bits per heavy atom. The Balaban J connectivity index is 1.80. The van der Waals surface area contributed by atoms with Crippen molar-refractivity contribution in [1.82, 2.24) is 14.7 Å². The Morgan fingerprint density at radius 1 is 1.20 bits per heavy atom. The maximum absolute atomic E-state index is 13.0. The minimum atomic E-state index is -4.15. The number of pyridine rings is 2. The van der Waals surface area contributed by atoms with Gasteiger partial charge in [-0.25, -0.2) is 14.7 Å². The lowest BCUT2D eigenvalue weighted by Gasteiger charge is -2.33. The highest BCUT2D eigenvalue weighted by Gasteiger charge is 2.40. The van der Waals surface area contributed by atoms with Gasteiger partial charge in [0.15, 0.2) is 5.03 Å². The van der Waals surface area contributed by atoms with E-state index < -0.39 is 15.9 Å². The van der Waals surface area contributed by atoms with E-state index in [0.717, 1.165) is 25.8 Å². The quantitative estimate of drug-likeness (QED) is 0.595. The van der Waals surface area contributed by atoms with Gasteiger partial charge in [0, 0.05) is 18.6 Å². The first-order valence-electron chi connectivity index (χ1n) is 9.88. The molecule has 160 valence electrons. The number of hydrogen-bond donors (Lipinski definition) is 2. The number of fused-ring (bicyclic) bond motifs is 6. The summed E-state index contributed by atoms with van der Waals surface area (Å²) in [6, 6.07) is 7.67. The van der Waals surface area contributed by atoms with Crippen LogP contribution in [0.25, 0.3) is 0 Å². The lowest BCUT2D eigenvalue weighted by atomic mass is 9.93. The van der Waals surface area contributed by atoms with Crippen LogP contribution in [0.4, 0.5) is 11.6 Å². The second-order valence-electron chi connectivity index (χ2n) is 8.36. The number of rotatable bonds is 0. The summed E-state index contributed by atoms with van der Waals surface area (Å²) < 4.78 is 27.7. The molecule has 1 amide bonds. The summed E-state index contributed by atoms with van der Waals surface area (Å²) in [4.78, 5) is 23.6. The van der Waals surface area contributed by atoms with E-state index in [-0.39, 0.29) is 21.3 Å². The summed E-state index contributed by atoms with van der Waals surface area (Å²) in [5.74, 6) is 0.523. The minimum absolute atomic E-state index is 0.167. The van der Waals surface area contributed by atoms with E-state index in [1.54, 1.807) is 12.1 Å². The molecule has 2 aromatic heterocycles. The van der Waals surface area contributed by atoms with Crippen molar-refractivity contribution in [2.24, 2.45) is 5.92 Å². The van der Waals surface area contributed by atoms with Crippen LogP contribution in [0.15, 0.2) is 35.4 Å². The zero-order chi connectivity index (χ0) is 21.5. The number of aromatic nitrogens is 2. The van der Waals surface area contributed by atoms with E-state index >= 15 is 0 Å². The molecule has 8 nitrogen and oxygen atoms in total. The molecule has 0 radical (unpaired) electrons. The Bertz CT molecular complexity index is 1090. The molecule has 0 saturated carbocycles. The molecule has 1 atom stereocenters. The molecule has 1 saturated heterocycles. The Morgan fingerprint density at radius 3 is 2.80 bits per heavy atom. The highest BCUT2D eigenvalue weighted by molar-refractivity contribution is 7.90. The van der Waals surface area contributed by atoms with E-state index in [2.05, 4.69) is 38.8 Å². The molecule has 0 aromatic carbocycles. The van der Waals surface area contributed by atoms with Crippen LogP contribution < -0.4 is 14.9 Å². The molecule has 30 heavy (non-hydrogen) atoms. The monoisotopic (exact) mass is 449 g/mol. The third kappa shape index (κ3) is 4.09. The highest BCUT2D eigenvalue weighted by atomic mass is 35.5. The molecule has 0 unspecified atom stereocenters. The van der Waals surface area contributed by atoms with Gasteiger partial charge >= 0.3 is 0 Å². The van der Waals surface area contributed by atoms with Crippen LogP contribution in [0.2, 0.25) is 5.15 Å². The molecular weight excluding hydrogens is 426 g/mol. The van der Waals surface area contributed by atoms with Crippen molar-refractivity contribution in [3.63, 3.8) is 0 Å². The van der Waals surface area contributed by atoms with E-state index in [1.807, 2.05) is 0 Å². The summed E-state index contributed by atoms with van der Waals surface area (Å²) in [6.45, 7) is 5.61. The number of amides is 1. The fraction of sp³-hybridized carbons (Fsp3) is 0.450. The van der Waals surface area contributed by atoms with E-state index in [4.69, 9.17) is 11.6 Å². The second-order valence-corrected chi connectivity index (χ2v) is 10.4. The molecule has 4 heterocycles. The molecule has 2 aliphatic heterocycles. The number of halogens is 1. The predicted molar refractivity (Wildman–Crippen MR) is 115 cm³/mol. The van der Waals surface area contributed by atoms with Crippen LogP contribution in [-0.4, -0.2) is 42.9 Å². The number of anilines is 2. The van der Waals surface area contributed by atoms with Crippen LogP contribution >= 0.6 is 11.6 Å². The third-order valence-corrected chi connectivity index (χ3v) is 7.06. The molecule has 10 heteroatoms. The summed E-state index contributed by atoms with van der Waals surface area (Å²) in [7, 11) is -4.15. The van der Waals surface area contributed by atoms with Crippen LogP contribution in [0, 0.1) is 5.92 Å². The second kappa shape index (κ2) is 7.70. The molecule has 1 fully saturated rings. The van der Waals surface area contributed by atoms with Crippen molar-refractivity contribution < 1.29 is 13.2 Å². The summed E-state index contributed by atoms with van der Waals surface area (Å²) in [5.41, 5.74) is -0.0760. The van der Waals surface area contributed by atoms with E-state index in [0.29, 0.717) is 24.1 Å². The zero-order valence-electron chi connectivity index (χ0n) is 16.9. The van der Waals surface area contributed by atoms with E-state index in [1.165, 1.54) is 18.2 Å². The first kappa shape index (κ1) is 20.9. The molecular formula is C20H24ClN5O3S. The standard InChI is InChI=1S/C20H24ClN5O3S/c1-20(2)11-13-5-4-10-22-16-6-3-7-17(24-16)30(28,29)25-19(27)14-8-9-15(21)23-18(14)26(20)12-13/h3,6-9,13H,4-5,10-12H2,1-2H3,(H,22,24)(H,25,27)/t13-/m0/s1. The van der Waals surface area contributed by atoms with Crippen molar-refractivity contribution in [1.29, 1.82) is 0 Å². The summed E-state index contributed by atoms with van der Waals surface area (Å²) in [5, 5.41) is 3.20. The predicted octanol–water partition coefficient (Wildman–Crippen LogP) is 3.06. The number of nitrogens with zero attached hydrogens (tertiary/aromatic N) is 3. The summed E-state index contributed by atoms with van der Waals surface area (Å²) in [6.07, 6.45) is 2.85. The molecule has 2 aliphatic rings. The number of sulfonamides is 1. The van der Waals surface area contributed by atoms with Crippen LogP contribution in [0.5, 0.6) is 0 Å². The van der Waals surface area contributed by atoms with Gasteiger partial charge in [0.05, 0.1) is 5.56 Å². The third-order valence-electron chi connectivity index (χ3n) is 5.62. The van der Waals surface area contributed by atoms with Crippen molar-refractivity contribution in [3.05, 3.63) is 41.0 Å². The number of hydrogen-bond acceptors (Lipinski definition) is 7. The smallest absolute Gasteiger partial charge is 0.281 e. The Labute approximate surface area is 181 Å². The van der Waals surface area contributed by atoms with Crippen molar-refractivity contribution >= 4 is 39.2 Å². The van der Waals surface area contributed by atoms with Gasteiger partial charge in [-0.05, 0) is 63.3 Å². The Kier molecular flexibility index (Phi) is 5.36. The maximum Gasteiger partial charge on any atom is 0.281 e. The molecule has 0 spiro atoms. The largest absolute Gasteiger partial charge is 0.370 e. The molecule has 4 bridgehead atoms. The SMILES string of the molecule is CC1(C)C[C@@H]2CCCNc3cccc(n3)S(=O)(=O)NC(=O)c3ccc(Cl)nc3N1C2. The highest BCUT2D eigenvalue weighted by Crippen LogP contribution is 2.39. The fourth-order valence-corrected chi connectivity index (χ4v) is 5.34. The van der Waals surface area contributed by atoms with Crippen LogP contribution in [0.1, 0.15) is 43.5 Å². The average molecular weight is 450 g/mol. The van der Waals surface area contributed by atoms with Gasteiger partial charge in [0.25, 0.3) is 15.9 Å². The summed E-state index contributed by atoms with van der Waals surface area (Å²) >= 11 is 6.14. The molecule has 4 rings (SSSR count). The van der Waals surface area contributed by atoms with Gasteiger partial charge in [-0.3, -0.25) is 4.79 Å². The first-order chi connectivity index (χ1) is 14.2. The lowest BCUT2D eigenvalue weighted by molar-refractivity contribution is 0.0981. The normalized spacial score (nSPS) is 22.8. The maximum atomic E-state index is 13.0. The first-order valence-corrected chi connectivity index (χ1v) is 11.7. The van der Waals surface area contributed by atoms with Crippen molar-refractivity contribution in [2.75, 3.05) is 23.3 Å². The molecule has 2 aromatic rings. The van der Waals surface area contributed by atoms with Crippen molar-refractivity contribution in [3.8, 4) is 0 Å². The Hall–Kier alpha value is -2.39. The van der Waals surface area contributed by atoms with Crippen LogP contribution in [-0.2, 0) is 10.0 Å².